The van der Waals surface area contributed by atoms with Gasteiger partial charge >= 0.3 is 0 Å². The second-order valence-corrected chi connectivity index (χ2v) is 2.98. The summed E-state index contributed by atoms with van der Waals surface area (Å²) >= 11 is 0. The molecule has 0 saturated carbocycles. The minimum Gasteiger partial charge on any atom is -0.493 e. The average molecular weight is 199 g/mol. The van der Waals surface area contributed by atoms with Crippen LogP contribution in [0.4, 0.5) is 0 Å². The van der Waals surface area contributed by atoms with Gasteiger partial charge in [-0.2, -0.15) is 0 Å². The van der Waals surface area contributed by atoms with Gasteiger partial charge in [-0.15, -0.1) is 0 Å². The normalized spacial score (nSPS) is 9.67. The molecule has 0 aliphatic heterocycles. The number of para-hydroxylation sites is 3. The maximum atomic E-state index is 5.62. The van der Waals surface area contributed by atoms with Gasteiger partial charge in [0.1, 0.15) is 5.75 Å². The fourth-order valence-corrected chi connectivity index (χ4v) is 1.26. The Bertz CT molecular complexity index is 424. The fourth-order valence-electron chi connectivity index (χ4n) is 1.26. The number of hydrogen-bond donors (Lipinski definition) is 0. The molecule has 0 saturated heterocycles. The van der Waals surface area contributed by atoms with E-state index in [4.69, 9.17) is 9.47 Å². The molecule has 0 amide bonds. The van der Waals surface area contributed by atoms with Gasteiger partial charge < -0.3 is 9.47 Å². The summed E-state index contributed by atoms with van der Waals surface area (Å²) in [5.74, 6) is 2.10. The standard InChI is InChI=1S/C13H11O2/c1-14-12-9-5-6-10-13(12)15-11-7-3-2-4-8-11/h2-7,9-10H,1H3. The average Bonchev–Trinajstić information content (AvgIpc) is 2.31. The maximum absolute atomic E-state index is 5.62. The molecule has 75 valence electrons. The van der Waals surface area contributed by atoms with Crippen molar-refractivity contribution >= 4 is 0 Å². The van der Waals surface area contributed by atoms with E-state index in [0.29, 0.717) is 11.5 Å². The zero-order valence-corrected chi connectivity index (χ0v) is 8.44. The highest BCUT2D eigenvalue weighted by molar-refractivity contribution is 5.42. The van der Waals surface area contributed by atoms with E-state index in [-0.39, 0.29) is 0 Å². The van der Waals surface area contributed by atoms with E-state index in [9.17, 15) is 0 Å². The number of rotatable bonds is 3. The predicted molar refractivity (Wildman–Crippen MR) is 58.3 cm³/mol. The first-order valence-corrected chi connectivity index (χ1v) is 4.68. The van der Waals surface area contributed by atoms with Gasteiger partial charge in [0, 0.05) is 6.07 Å². The minimum absolute atomic E-state index is 0.682. The molecule has 0 fully saturated rings. The number of methoxy groups -OCH3 is 1. The third-order valence-corrected chi connectivity index (χ3v) is 1.97. The first-order valence-electron chi connectivity index (χ1n) is 4.68. The van der Waals surface area contributed by atoms with Gasteiger partial charge in [-0.25, -0.2) is 0 Å². The van der Waals surface area contributed by atoms with E-state index >= 15 is 0 Å². The fraction of sp³-hybridized carbons (Fsp3) is 0.0769. The molecule has 2 aromatic carbocycles. The van der Waals surface area contributed by atoms with E-state index in [1.807, 2.05) is 48.5 Å². The van der Waals surface area contributed by atoms with Crippen LogP contribution in [0.15, 0.2) is 48.5 Å². The molecule has 0 N–H and O–H groups in total. The summed E-state index contributed by atoms with van der Waals surface area (Å²) in [5.41, 5.74) is 0. The van der Waals surface area contributed by atoms with Crippen LogP contribution < -0.4 is 9.47 Å². The lowest BCUT2D eigenvalue weighted by atomic mass is 10.3. The monoisotopic (exact) mass is 199 g/mol. The molecule has 1 radical (unpaired) electrons. The molecule has 0 unspecified atom stereocenters. The summed E-state index contributed by atoms with van der Waals surface area (Å²) in [6.07, 6.45) is 0. The summed E-state index contributed by atoms with van der Waals surface area (Å²) < 4.78 is 10.8. The van der Waals surface area contributed by atoms with Crippen LogP contribution in [0.2, 0.25) is 0 Å². The van der Waals surface area contributed by atoms with E-state index in [1.165, 1.54) is 0 Å². The second-order valence-electron chi connectivity index (χ2n) is 2.98. The Morgan fingerprint density at radius 3 is 2.33 bits per heavy atom. The molecule has 0 aliphatic rings. The van der Waals surface area contributed by atoms with Crippen molar-refractivity contribution in [3.63, 3.8) is 0 Å². The summed E-state index contributed by atoms with van der Waals surface area (Å²) in [6.45, 7) is 0. The summed E-state index contributed by atoms with van der Waals surface area (Å²) in [5, 5.41) is 0. The van der Waals surface area contributed by atoms with E-state index in [0.717, 1.165) is 5.75 Å². The van der Waals surface area contributed by atoms with Crippen molar-refractivity contribution in [1.29, 1.82) is 0 Å². The highest BCUT2D eigenvalue weighted by atomic mass is 16.5. The number of hydrogen-bond acceptors (Lipinski definition) is 2. The summed E-state index contributed by atoms with van der Waals surface area (Å²) in [6, 6.07) is 18.0. The second kappa shape index (κ2) is 4.51. The van der Waals surface area contributed by atoms with Gasteiger partial charge in [0.2, 0.25) is 0 Å². The molecule has 2 aromatic rings. The molecule has 0 bridgehead atoms. The quantitative estimate of drug-likeness (QED) is 0.755. The topological polar surface area (TPSA) is 18.5 Å². The Labute approximate surface area is 89.1 Å². The van der Waals surface area contributed by atoms with Crippen LogP contribution in [0, 0.1) is 6.07 Å². The number of benzene rings is 2. The highest BCUT2D eigenvalue weighted by Gasteiger charge is 2.02. The maximum Gasteiger partial charge on any atom is 0.169 e. The molecule has 0 aliphatic carbocycles. The van der Waals surface area contributed by atoms with Crippen LogP contribution in [-0.4, -0.2) is 7.11 Å². The van der Waals surface area contributed by atoms with Crippen LogP contribution in [-0.2, 0) is 0 Å². The van der Waals surface area contributed by atoms with Crippen molar-refractivity contribution in [3.05, 3.63) is 54.6 Å². The Morgan fingerprint density at radius 1 is 0.933 bits per heavy atom. The van der Waals surface area contributed by atoms with Gasteiger partial charge in [-0.1, -0.05) is 30.3 Å². The lowest BCUT2D eigenvalue weighted by Gasteiger charge is -2.08. The molecule has 15 heavy (non-hydrogen) atoms. The van der Waals surface area contributed by atoms with E-state index in [2.05, 4.69) is 6.07 Å². The Hall–Kier alpha value is -1.96. The van der Waals surface area contributed by atoms with Crippen molar-refractivity contribution in [3.8, 4) is 17.2 Å². The lowest BCUT2D eigenvalue weighted by molar-refractivity contribution is 0.378. The van der Waals surface area contributed by atoms with Gasteiger partial charge in [0.05, 0.1) is 7.11 Å². The molecule has 2 rings (SSSR count). The first kappa shape index (κ1) is 9.59. The van der Waals surface area contributed by atoms with Crippen LogP contribution in [0.25, 0.3) is 0 Å². The van der Waals surface area contributed by atoms with Gasteiger partial charge in [-0.05, 0) is 18.2 Å². The van der Waals surface area contributed by atoms with Crippen molar-refractivity contribution in [2.24, 2.45) is 0 Å². The molecule has 0 aromatic heterocycles. The smallest absolute Gasteiger partial charge is 0.169 e. The van der Waals surface area contributed by atoms with Gasteiger partial charge in [-0.3, -0.25) is 0 Å². The summed E-state index contributed by atoms with van der Waals surface area (Å²) in [7, 11) is 1.62. The van der Waals surface area contributed by atoms with Crippen molar-refractivity contribution in [2.45, 2.75) is 0 Å². The minimum atomic E-state index is 0.682. The molecule has 2 nitrogen and oxygen atoms in total. The van der Waals surface area contributed by atoms with Crippen molar-refractivity contribution < 1.29 is 9.47 Å². The van der Waals surface area contributed by atoms with Crippen LogP contribution >= 0.6 is 0 Å². The molecule has 2 heteroatoms. The van der Waals surface area contributed by atoms with Crippen LogP contribution in [0.5, 0.6) is 17.2 Å². The zero-order valence-electron chi connectivity index (χ0n) is 8.44. The van der Waals surface area contributed by atoms with Crippen molar-refractivity contribution in [2.75, 3.05) is 7.11 Å². The zero-order chi connectivity index (χ0) is 10.5. The molecular weight excluding hydrogens is 188 g/mol. The Kier molecular flexibility index (Phi) is 2.88. The first-order chi connectivity index (χ1) is 7.40. The third-order valence-electron chi connectivity index (χ3n) is 1.97. The molecule has 0 spiro atoms. The summed E-state index contributed by atoms with van der Waals surface area (Å²) in [4.78, 5) is 0. The molecular formula is C13H11O2. The van der Waals surface area contributed by atoms with Gasteiger partial charge in [0.15, 0.2) is 11.5 Å². The number of ether oxygens (including phenoxy) is 2. The molecule has 0 atom stereocenters. The van der Waals surface area contributed by atoms with Crippen molar-refractivity contribution in [1.82, 2.24) is 0 Å². The SMILES string of the molecule is COc1ccccc1Oc1[c]cccc1. The largest absolute Gasteiger partial charge is 0.493 e. The Balaban J connectivity index is 2.24. The van der Waals surface area contributed by atoms with Gasteiger partial charge in [0.25, 0.3) is 0 Å². The van der Waals surface area contributed by atoms with E-state index in [1.54, 1.807) is 7.11 Å². The lowest BCUT2D eigenvalue weighted by Crippen LogP contribution is -1.89. The highest BCUT2D eigenvalue weighted by Crippen LogP contribution is 2.30. The van der Waals surface area contributed by atoms with Crippen LogP contribution in [0.1, 0.15) is 0 Å². The molecule has 0 heterocycles. The van der Waals surface area contributed by atoms with Crippen LogP contribution in [0.3, 0.4) is 0 Å². The third kappa shape index (κ3) is 2.29. The predicted octanol–water partition coefficient (Wildman–Crippen LogP) is 3.29. The van der Waals surface area contributed by atoms with E-state index < -0.39 is 0 Å². The Morgan fingerprint density at radius 2 is 1.67 bits per heavy atom.